The Labute approximate surface area is 124 Å². The molecule has 0 saturated carbocycles. The summed E-state index contributed by atoms with van der Waals surface area (Å²) in [5.74, 6) is 0. The molecule has 2 aromatic heterocycles. The van der Waals surface area contributed by atoms with E-state index in [4.69, 9.17) is 0 Å². The first-order valence-corrected chi connectivity index (χ1v) is 7.02. The summed E-state index contributed by atoms with van der Waals surface area (Å²) in [4.78, 5) is 4.48. The number of allylic oxidation sites excluding steroid dienone is 5. The predicted octanol–water partition coefficient (Wildman–Crippen LogP) is 4.87. The third kappa shape index (κ3) is 2.29. The van der Waals surface area contributed by atoms with Crippen LogP contribution in [0.5, 0.6) is 0 Å². The highest BCUT2D eigenvalue weighted by molar-refractivity contribution is 6.07. The number of pyridine rings is 1. The zero-order chi connectivity index (χ0) is 14.8. The van der Waals surface area contributed by atoms with Crippen molar-refractivity contribution in [3.63, 3.8) is 0 Å². The Hall–Kier alpha value is -2.61. The Balaban J connectivity index is 2.20. The summed E-state index contributed by atoms with van der Waals surface area (Å²) in [6.07, 6.45) is 9.67. The van der Waals surface area contributed by atoms with Gasteiger partial charge < -0.3 is 4.57 Å². The van der Waals surface area contributed by atoms with Gasteiger partial charge in [0.2, 0.25) is 0 Å². The normalized spacial score (nSPS) is 12.6. The molecule has 0 unspecified atom stereocenters. The molecule has 0 saturated heterocycles. The number of fused-ring (bicyclic) bond motifs is 3. The molecule has 2 heterocycles. The van der Waals surface area contributed by atoms with E-state index in [0.717, 1.165) is 5.65 Å². The fourth-order valence-electron chi connectivity index (χ4n) is 2.65. The summed E-state index contributed by atoms with van der Waals surface area (Å²) in [6, 6.07) is 10.7. The number of aryl methyl sites for hydroxylation is 1. The SMILES string of the molecule is C=C/C=C\C=C(/C)c1ccc2c(c1)c1cccnc1n2C. The van der Waals surface area contributed by atoms with Crippen LogP contribution in [0.25, 0.3) is 27.5 Å². The van der Waals surface area contributed by atoms with Crippen molar-refractivity contribution in [1.82, 2.24) is 9.55 Å². The van der Waals surface area contributed by atoms with Gasteiger partial charge in [-0.15, -0.1) is 0 Å². The highest BCUT2D eigenvalue weighted by Crippen LogP contribution is 2.29. The van der Waals surface area contributed by atoms with Crippen molar-refractivity contribution in [3.05, 3.63) is 73.0 Å². The van der Waals surface area contributed by atoms with E-state index in [1.54, 1.807) is 6.08 Å². The maximum Gasteiger partial charge on any atom is 0.140 e. The quantitative estimate of drug-likeness (QED) is 0.623. The molecule has 0 aliphatic carbocycles. The van der Waals surface area contributed by atoms with Gasteiger partial charge in [0.1, 0.15) is 5.65 Å². The van der Waals surface area contributed by atoms with Crippen LogP contribution in [0.15, 0.2) is 67.4 Å². The smallest absolute Gasteiger partial charge is 0.140 e. The molecule has 0 atom stereocenters. The molecule has 0 N–H and O–H groups in total. The summed E-state index contributed by atoms with van der Waals surface area (Å²) < 4.78 is 2.14. The maximum absolute atomic E-state index is 4.48. The molecule has 0 bridgehead atoms. The number of benzene rings is 1. The predicted molar refractivity (Wildman–Crippen MR) is 91.2 cm³/mol. The summed E-state index contributed by atoms with van der Waals surface area (Å²) in [5, 5.41) is 2.45. The lowest BCUT2D eigenvalue weighted by Gasteiger charge is -2.02. The van der Waals surface area contributed by atoms with E-state index in [0.29, 0.717) is 0 Å². The topological polar surface area (TPSA) is 17.8 Å². The molecule has 0 aliphatic rings. The lowest BCUT2D eigenvalue weighted by atomic mass is 10.0. The van der Waals surface area contributed by atoms with Crippen molar-refractivity contribution in [3.8, 4) is 0 Å². The van der Waals surface area contributed by atoms with Gasteiger partial charge >= 0.3 is 0 Å². The van der Waals surface area contributed by atoms with Gasteiger partial charge in [-0.25, -0.2) is 4.98 Å². The van der Waals surface area contributed by atoms with Crippen LogP contribution in [0, 0.1) is 0 Å². The standard InChI is InChI=1S/C19H18N2/c1-4-5-6-8-14(2)15-10-11-18-17(13-15)16-9-7-12-20-19(16)21(18)3/h4-13H,1H2,2-3H3/b6-5-,14-8+. The monoisotopic (exact) mass is 274 g/mol. The highest BCUT2D eigenvalue weighted by Gasteiger charge is 2.09. The van der Waals surface area contributed by atoms with Crippen LogP contribution in [-0.2, 0) is 7.05 Å². The third-order valence-electron chi connectivity index (χ3n) is 3.80. The van der Waals surface area contributed by atoms with Crippen LogP contribution in [0.1, 0.15) is 12.5 Å². The van der Waals surface area contributed by atoms with Gasteiger partial charge in [0.05, 0.1) is 5.52 Å². The largest absolute Gasteiger partial charge is 0.328 e. The molecule has 0 amide bonds. The molecular formula is C19H18N2. The Morgan fingerprint density at radius 3 is 2.86 bits per heavy atom. The second-order valence-corrected chi connectivity index (χ2v) is 5.14. The van der Waals surface area contributed by atoms with Crippen molar-refractivity contribution in [2.75, 3.05) is 0 Å². The van der Waals surface area contributed by atoms with Crippen LogP contribution in [-0.4, -0.2) is 9.55 Å². The van der Waals surface area contributed by atoms with Crippen LogP contribution in [0.3, 0.4) is 0 Å². The Morgan fingerprint density at radius 1 is 1.19 bits per heavy atom. The van der Waals surface area contributed by atoms with Crippen LogP contribution >= 0.6 is 0 Å². The Kier molecular flexibility index (Phi) is 3.44. The fourth-order valence-corrected chi connectivity index (χ4v) is 2.65. The van der Waals surface area contributed by atoms with E-state index in [1.165, 1.54) is 27.4 Å². The maximum atomic E-state index is 4.48. The van der Waals surface area contributed by atoms with Crippen molar-refractivity contribution < 1.29 is 0 Å². The zero-order valence-corrected chi connectivity index (χ0v) is 12.4. The minimum absolute atomic E-state index is 1.03. The summed E-state index contributed by atoms with van der Waals surface area (Å²) in [5.41, 5.74) is 4.70. The van der Waals surface area contributed by atoms with E-state index >= 15 is 0 Å². The highest BCUT2D eigenvalue weighted by atomic mass is 15.0. The molecule has 3 rings (SSSR count). The van der Waals surface area contributed by atoms with Crippen molar-refractivity contribution in [1.29, 1.82) is 0 Å². The van der Waals surface area contributed by atoms with E-state index in [2.05, 4.69) is 60.4 Å². The number of rotatable bonds is 3. The fraction of sp³-hybridized carbons (Fsp3) is 0.105. The molecule has 2 heteroatoms. The molecule has 104 valence electrons. The molecular weight excluding hydrogens is 256 g/mol. The molecule has 2 nitrogen and oxygen atoms in total. The first-order valence-electron chi connectivity index (χ1n) is 7.02. The van der Waals surface area contributed by atoms with Gasteiger partial charge in [-0.3, -0.25) is 0 Å². The van der Waals surface area contributed by atoms with E-state index < -0.39 is 0 Å². The molecule has 0 radical (unpaired) electrons. The van der Waals surface area contributed by atoms with Gasteiger partial charge in [0, 0.05) is 24.0 Å². The van der Waals surface area contributed by atoms with Crippen LogP contribution in [0.2, 0.25) is 0 Å². The second kappa shape index (κ2) is 5.41. The van der Waals surface area contributed by atoms with E-state index in [9.17, 15) is 0 Å². The molecule has 0 spiro atoms. The number of hydrogen-bond donors (Lipinski definition) is 0. The average molecular weight is 274 g/mol. The van der Waals surface area contributed by atoms with Crippen LogP contribution in [0.4, 0.5) is 0 Å². The van der Waals surface area contributed by atoms with Crippen molar-refractivity contribution in [2.24, 2.45) is 7.05 Å². The van der Waals surface area contributed by atoms with Crippen LogP contribution < -0.4 is 0 Å². The third-order valence-corrected chi connectivity index (χ3v) is 3.80. The minimum atomic E-state index is 1.03. The van der Waals surface area contributed by atoms with Gasteiger partial charge in [-0.2, -0.15) is 0 Å². The Bertz CT molecular complexity index is 879. The first kappa shape index (κ1) is 13.4. The van der Waals surface area contributed by atoms with Gasteiger partial charge in [-0.1, -0.05) is 36.9 Å². The number of nitrogens with zero attached hydrogens (tertiary/aromatic N) is 2. The van der Waals surface area contributed by atoms with E-state index in [-0.39, 0.29) is 0 Å². The molecule has 3 aromatic rings. The minimum Gasteiger partial charge on any atom is -0.328 e. The number of hydrogen-bond acceptors (Lipinski definition) is 1. The zero-order valence-electron chi connectivity index (χ0n) is 12.4. The average Bonchev–Trinajstić information content (AvgIpc) is 2.81. The second-order valence-electron chi connectivity index (χ2n) is 5.14. The summed E-state index contributed by atoms with van der Waals surface area (Å²) >= 11 is 0. The lowest BCUT2D eigenvalue weighted by Crippen LogP contribution is -1.88. The lowest BCUT2D eigenvalue weighted by molar-refractivity contribution is 0.989. The molecule has 0 fully saturated rings. The summed E-state index contributed by atoms with van der Waals surface area (Å²) in [7, 11) is 2.06. The van der Waals surface area contributed by atoms with E-state index in [1.807, 2.05) is 24.4 Å². The van der Waals surface area contributed by atoms with Gasteiger partial charge in [0.15, 0.2) is 0 Å². The number of aromatic nitrogens is 2. The molecule has 21 heavy (non-hydrogen) atoms. The van der Waals surface area contributed by atoms with Gasteiger partial charge in [0.25, 0.3) is 0 Å². The Morgan fingerprint density at radius 2 is 2.05 bits per heavy atom. The van der Waals surface area contributed by atoms with Gasteiger partial charge in [-0.05, 0) is 42.3 Å². The van der Waals surface area contributed by atoms with Crippen molar-refractivity contribution in [2.45, 2.75) is 6.92 Å². The molecule has 1 aromatic carbocycles. The first-order chi connectivity index (χ1) is 10.2. The van der Waals surface area contributed by atoms with Crippen molar-refractivity contribution >= 4 is 27.5 Å². The molecule has 0 aliphatic heterocycles. The summed E-state index contributed by atoms with van der Waals surface area (Å²) in [6.45, 7) is 5.81.